The number of aliphatic hydroxyl groups is 1. The molecule has 2 rings (SSSR count). The van der Waals surface area contributed by atoms with Gasteiger partial charge >= 0.3 is 0 Å². The van der Waals surface area contributed by atoms with E-state index in [4.69, 9.17) is 11.6 Å². The smallest absolute Gasteiger partial charge is 0.255 e. The Hall–Kier alpha value is -1.26. The number of aromatic hydroxyl groups is 1. The number of phenols is 1. The Morgan fingerprint density at radius 3 is 2.78 bits per heavy atom. The molecule has 0 heterocycles. The second-order valence-corrected chi connectivity index (χ2v) is 5.25. The molecule has 1 aromatic rings. The van der Waals surface area contributed by atoms with Crippen LogP contribution in [-0.2, 0) is 0 Å². The van der Waals surface area contributed by atoms with Crippen molar-refractivity contribution in [1.29, 1.82) is 0 Å². The van der Waals surface area contributed by atoms with Crippen LogP contribution in [0.3, 0.4) is 0 Å². The molecule has 0 radical (unpaired) electrons. The van der Waals surface area contributed by atoms with Gasteiger partial charge < -0.3 is 15.1 Å². The Bertz CT molecular complexity index is 458. The van der Waals surface area contributed by atoms with Crippen LogP contribution in [0, 0.1) is 5.92 Å². The molecule has 1 aromatic carbocycles. The zero-order valence-electron chi connectivity index (χ0n) is 10.1. The number of amides is 1. The van der Waals surface area contributed by atoms with Crippen LogP contribution < -0.4 is 0 Å². The molecule has 2 N–H and O–H groups in total. The molecular formula is C13H16ClNO3. The van der Waals surface area contributed by atoms with E-state index in [-0.39, 0.29) is 17.8 Å². The van der Waals surface area contributed by atoms with E-state index < -0.39 is 0 Å². The van der Waals surface area contributed by atoms with Crippen molar-refractivity contribution in [1.82, 2.24) is 4.90 Å². The third kappa shape index (κ3) is 2.76. The number of rotatable bonds is 3. The highest BCUT2D eigenvalue weighted by Gasteiger charge is 2.29. The van der Waals surface area contributed by atoms with Gasteiger partial charge in [-0.3, -0.25) is 4.79 Å². The maximum atomic E-state index is 12.1. The maximum Gasteiger partial charge on any atom is 0.255 e. The summed E-state index contributed by atoms with van der Waals surface area (Å²) in [5.41, 5.74) is 0.305. The molecule has 4 nitrogen and oxygen atoms in total. The highest BCUT2D eigenvalue weighted by atomic mass is 35.5. The summed E-state index contributed by atoms with van der Waals surface area (Å²) in [5.74, 6) is 0.164. The summed E-state index contributed by atoms with van der Waals surface area (Å²) in [6, 6.07) is 4.32. The quantitative estimate of drug-likeness (QED) is 0.881. The molecule has 18 heavy (non-hydrogen) atoms. The summed E-state index contributed by atoms with van der Waals surface area (Å²) in [4.78, 5) is 13.7. The lowest BCUT2D eigenvalue weighted by molar-refractivity contribution is 0.0265. The average molecular weight is 270 g/mol. The minimum Gasteiger partial charge on any atom is -0.508 e. The zero-order chi connectivity index (χ0) is 13.3. The van der Waals surface area contributed by atoms with Crippen molar-refractivity contribution in [3.05, 3.63) is 28.8 Å². The summed E-state index contributed by atoms with van der Waals surface area (Å²) < 4.78 is 0. The highest BCUT2D eigenvalue weighted by molar-refractivity contribution is 6.33. The fraction of sp³-hybridized carbons (Fsp3) is 0.462. The fourth-order valence-corrected chi connectivity index (χ4v) is 2.40. The van der Waals surface area contributed by atoms with Crippen molar-refractivity contribution in [2.24, 2.45) is 5.92 Å². The lowest BCUT2D eigenvalue weighted by atomic mass is 9.82. The van der Waals surface area contributed by atoms with Gasteiger partial charge in [0.1, 0.15) is 5.75 Å². The lowest BCUT2D eigenvalue weighted by Gasteiger charge is -2.34. The second kappa shape index (κ2) is 5.16. The predicted molar refractivity (Wildman–Crippen MR) is 68.8 cm³/mol. The van der Waals surface area contributed by atoms with Crippen LogP contribution in [-0.4, -0.2) is 40.7 Å². The van der Waals surface area contributed by atoms with Crippen LogP contribution >= 0.6 is 11.6 Å². The van der Waals surface area contributed by atoms with Crippen molar-refractivity contribution in [2.75, 3.05) is 13.6 Å². The van der Waals surface area contributed by atoms with Gasteiger partial charge in [0, 0.05) is 13.6 Å². The molecule has 1 saturated carbocycles. The van der Waals surface area contributed by atoms with E-state index in [2.05, 4.69) is 0 Å². The molecule has 0 aliphatic heterocycles. The second-order valence-electron chi connectivity index (χ2n) is 4.84. The molecule has 0 saturated heterocycles. The summed E-state index contributed by atoms with van der Waals surface area (Å²) >= 11 is 5.94. The third-order valence-corrected chi connectivity index (χ3v) is 3.60. The molecule has 1 fully saturated rings. The molecule has 1 amide bonds. The molecule has 0 bridgehead atoms. The number of carbonyl (C=O) groups is 1. The van der Waals surface area contributed by atoms with E-state index in [0.29, 0.717) is 23.0 Å². The summed E-state index contributed by atoms with van der Waals surface area (Å²) in [6.45, 7) is 0.599. The van der Waals surface area contributed by atoms with Crippen LogP contribution in [0.5, 0.6) is 5.75 Å². The van der Waals surface area contributed by atoms with Gasteiger partial charge in [-0.15, -0.1) is 0 Å². The van der Waals surface area contributed by atoms with Crippen LogP contribution in [0.1, 0.15) is 23.2 Å². The van der Waals surface area contributed by atoms with Crippen LogP contribution in [0.2, 0.25) is 5.02 Å². The van der Waals surface area contributed by atoms with E-state index >= 15 is 0 Å². The van der Waals surface area contributed by atoms with Gasteiger partial charge in [0.05, 0.1) is 16.7 Å². The largest absolute Gasteiger partial charge is 0.508 e. The van der Waals surface area contributed by atoms with Gasteiger partial charge in [-0.05, 0) is 37.0 Å². The number of carbonyl (C=O) groups excluding carboxylic acids is 1. The first kappa shape index (κ1) is 13.2. The average Bonchev–Trinajstić information content (AvgIpc) is 2.29. The van der Waals surface area contributed by atoms with Gasteiger partial charge in [-0.25, -0.2) is 0 Å². The molecule has 0 aromatic heterocycles. The van der Waals surface area contributed by atoms with Crippen LogP contribution in [0.15, 0.2) is 18.2 Å². The van der Waals surface area contributed by atoms with E-state index in [1.54, 1.807) is 11.9 Å². The molecule has 0 spiro atoms. The lowest BCUT2D eigenvalue weighted by Crippen LogP contribution is -2.39. The minimum absolute atomic E-state index is 0.0233. The molecule has 98 valence electrons. The molecule has 1 aliphatic carbocycles. The Kier molecular flexibility index (Phi) is 3.78. The summed E-state index contributed by atoms with van der Waals surface area (Å²) in [7, 11) is 1.70. The summed E-state index contributed by atoms with van der Waals surface area (Å²) in [6.07, 6.45) is 1.26. The molecule has 5 heteroatoms. The van der Waals surface area contributed by atoms with Gasteiger partial charge in [0.2, 0.25) is 0 Å². The van der Waals surface area contributed by atoms with Crippen molar-refractivity contribution in [3.63, 3.8) is 0 Å². The minimum atomic E-state index is -0.220. The van der Waals surface area contributed by atoms with E-state index in [9.17, 15) is 15.0 Å². The highest BCUT2D eigenvalue weighted by Crippen LogP contribution is 2.29. The van der Waals surface area contributed by atoms with Gasteiger partial charge in [0.25, 0.3) is 5.91 Å². The number of benzene rings is 1. The summed E-state index contributed by atoms with van der Waals surface area (Å²) in [5, 5.41) is 18.9. The fourth-order valence-electron chi connectivity index (χ4n) is 2.20. The van der Waals surface area contributed by atoms with Gasteiger partial charge in [-0.1, -0.05) is 11.6 Å². The Labute approximate surface area is 111 Å². The number of halogens is 1. The van der Waals surface area contributed by atoms with Crippen molar-refractivity contribution in [3.8, 4) is 5.75 Å². The number of nitrogens with zero attached hydrogens (tertiary/aromatic N) is 1. The number of phenolic OH excluding ortho intramolecular Hbond substituents is 1. The SMILES string of the molecule is CN(CC1CC(O)C1)C(=O)c1cc(O)ccc1Cl. The Balaban J connectivity index is 2.03. The first-order chi connectivity index (χ1) is 8.47. The topological polar surface area (TPSA) is 60.8 Å². The normalized spacial score (nSPS) is 22.4. The molecule has 0 atom stereocenters. The van der Waals surface area contributed by atoms with Crippen LogP contribution in [0.4, 0.5) is 0 Å². The first-order valence-corrected chi connectivity index (χ1v) is 6.27. The van der Waals surface area contributed by atoms with Crippen molar-refractivity contribution >= 4 is 17.5 Å². The van der Waals surface area contributed by atoms with Crippen molar-refractivity contribution < 1.29 is 15.0 Å². The third-order valence-electron chi connectivity index (χ3n) is 3.27. The molecular weight excluding hydrogens is 254 g/mol. The molecule has 0 unspecified atom stereocenters. The Morgan fingerprint density at radius 2 is 2.17 bits per heavy atom. The predicted octanol–water partition coefficient (Wildman–Crippen LogP) is 1.89. The Morgan fingerprint density at radius 1 is 1.50 bits per heavy atom. The van der Waals surface area contributed by atoms with Gasteiger partial charge in [0.15, 0.2) is 0 Å². The number of hydrogen-bond acceptors (Lipinski definition) is 3. The zero-order valence-corrected chi connectivity index (χ0v) is 10.9. The standard InChI is InChI=1S/C13H16ClNO3/c1-15(7-8-4-10(17)5-8)13(18)11-6-9(16)2-3-12(11)14/h2-3,6,8,10,16-17H,4-5,7H2,1H3. The first-order valence-electron chi connectivity index (χ1n) is 5.89. The van der Waals surface area contributed by atoms with Crippen molar-refractivity contribution in [2.45, 2.75) is 18.9 Å². The number of hydrogen-bond donors (Lipinski definition) is 2. The maximum absolute atomic E-state index is 12.1. The van der Waals surface area contributed by atoms with Gasteiger partial charge in [-0.2, -0.15) is 0 Å². The van der Waals surface area contributed by atoms with E-state index in [0.717, 1.165) is 12.8 Å². The molecule has 1 aliphatic rings. The van der Waals surface area contributed by atoms with E-state index in [1.165, 1.54) is 18.2 Å². The monoisotopic (exact) mass is 269 g/mol. The van der Waals surface area contributed by atoms with Crippen LogP contribution in [0.25, 0.3) is 0 Å². The van der Waals surface area contributed by atoms with E-state index in [1.807, 2.05) is 0 Å². The number of aliphatic hydroxyl groups excluding tert-OH is 1.